The summed E-state index contributed by atoms with van der Waals surface area (Å²) in [5.74, 6) is -0.438. The maximum absolute atomic E-state index is 11.6. The predicted molar refractivity (Wildman–Crippen MR) is 62.4 cm³/mol. The third-order valence-corrected chi connectivity index (χ3v) is 2.67. The molecule has 1 fully saturated rings. The molecule has 1 heterocycles. The Kier molecular flexibility index (Phi) is 2.77. The standard InChI is InChI=1S/C11H9ClN2O3/c1-14-10(16)8(13-11(14)17)5-6-2-3-9(15)7(12)4-6/h2-5,15H,1H3,(H,13,17)/b8-5+. The number of imide groups is 1. The lowest BCUT2D eigenvalue weighted by atomic mass is 10.2. The van der Waals surface area contributed by atoms with Crippen molar-refractivity contribution in [2.24, 2.45) is 0 Å². The number of carbonyl (C=O) groups is 2. The molecule has 5 nitrogen and oxygen atoms in total. The summed E-state index contributed by atoms with van der Waals surface area (Å²) in [6.07, 6.45) is 1.50. The Hall–Kier alpha value is -2.01. The number of urea groups is 1. The summed E-state index contributed by atoms with van der Waals surface area (Å²) in [5, 5.41) is 11.9. The van der Waals surface area contributed by atoms with Gasteiger partial charge in [0.2, 0.25) is 0 Å². The van der Waals surface area contributed by atoms with Crippen LogP contribution in [0.5, 0.6) is 5.75 Å². The first-order valence-electron chi connectivity index (χ1n) is 4.78. The van der Waals surface area contributed by atoms with Crippen LogP contribution in [0, 0.1) is 0 Å². The van der Waals surface area contributed by atoms with E-state index in [1.807, 2.05) is 0 Å². The Morgan fingerprint density at radius 2 is 2.12 bits per heavy atom. The van der Waals surface area contributed by atoms with Gasteiger partial charge in [-0.2, -0.15) is 0 Å². The van der Waals surface area contributed by atoms with Crippen LogP contribution < -0.4 is 5.32 Å². The number of halogens is 1. The third-order valence-electron chi connectivity index (χ3n) is 2.36. The molecule has 17 heavy (non-hydrogen) atoms. The fraction of sp³-hybridized carbons (Fsp3) is 0.0909. The van der Waals surface area contributed by atoms with Crippen LogP contribution in [-0.2, 0) is 4.79 Å². The average Bonchev–Trinajstić information content (AvgIpc) is 2.52. The van der Waals surface area contributed by atoms with E-state index in [9.17, 15) is 14.7 Å². The van der Waals surface area contributed by atoms with Crippen molar-refractivity contribution in [3.8, 4) is 5.75 Å². The molecule has 0 bridgehead atoms. The first kappa shape index (κ1) is 11.5. The highest BCUT2D eigenvalue weighted by molar-refractivity contribution is 6.32. The number of phenols is 1. The fourth-order valence-electron chi connectivity index (χ4n) is 1.40. The second-order valence-corrected chi connectivity index (χ2v) is 3.97. The number of benzene rings is 1. The van der Waals surface area contributed by atoms with Gasteiger partial charge in [0.15, 0.2) is 0 Å². The molecule has 6 heteroatoms. The summed E-state index contributed by atoms with van der Waals surface area (Å²) in [5.41, 5.74) is 0.797. The predicted octanol–water partition coefficient (Wildman–Crippen LogP) is 1.57. The molecule has 1 aromatic rings. The van der Waals surface area contributed by atoms with E-state index in [1.54, 1.807) is 6.07 Å². The Balaban J connectivity index is 2.34. The number of aromatic hydroxyl groups is 1. The van der Waals surface area contributed by atoms with Gasteiger partial charge in [0.05, 0.1) is 5.02 Å². The van der Waals surface area contributed by atoms with Gasteiger partial charge in [-0.15, -0.1) is 0 Å². The minimum Gasteiger partial charge on any atom is -0.506 e. The van der Waals surface area contributed by atoms with Crippen LogP contribution in [0.1, 0.15) is 5.56 Å². The zero-order chi connectivity index (χ0) is 12.6. The van der Waals surface area contributed by atoms with Crippen molar-refractivity contribution in [1.82, 2.24) is 10.2 Å². The van der Waals surface area contributed by atoms with Crippen LogP contribution in [0.3, 0.4) is 0 Å². The zero-order valence-corrected chi connectivity index (χ0v) is 9.65. The molecule has 0 radical (unpaired) electrons. The zero-order valence-electron chi connectivity index (χ0n) is 8.90. The summed E-state index contributed by atoms with van der Waals surface area (Å²) < 4.78 is 0. The van der Waals surface area contributed by atoms with Gasteiger partial charge in [0.25, 0.3) is 5.91 Å². The van der Waals surface area contributed by atoms with Gasteiger partial charge in [-0.05, 0) is 23.8 Å². The van der Waals surface area contributed by atoms with E-state index in [-0.39, 0.29) is 16.5 Å². The number of nitrogens with zero attached hydrogens (tertiary/aromatic N) is 1. The highest BCUT2D eigenvalue weighted by Crippen LogP contribution is 2.25. The van der Waals surface area contributed by atoms with Crippen LogP contribution in [0.4, 0.5) is 4.79 Å². The number of nitrogens with one attached hydrogen (secondary N) is 1. The molecule has 1 saturated heterocycles. The topological polar surface area (TPSA) is 69.6 Å². The summed E-state index contributed by atoms with van der Waals surface area (Å²) in [6, 6.07) is 4.04. The number of phenolic OH excluding ortho intramolecular Hbond substituents is 1. The molecule has 1 aliphatic heterocycles. The van der Waals surface area contributed by atoms with Crippen molar-refractivity contribution in [2.75, 3.05) is 7.05 Å². The summed E-state index contributed by atoms with van der Waals surface area (Å²) >= 11 is 5.73. The summed E-state index contributed by atoms with van der Waals surface area (Å²) in [7, 11) is 1.39. The van der Waals surface area contributed by atoms with E-state index < -0.39 is 11.9 Å². The SMILES string of the molecule is CN1C(=O)N/C(=C/c2ccc(O)c(Cl)c2)C1=O. The maximum Gasteiger partial charge on any atom is 0.328 e. The van der Waals surface area contributed by atoms with Crippen molar-refractivity contribution >= 4 is 29.6 Å². The van der Waals surface area contributed by atoms with Crippen molar-refractivity contribution < 1.29 is 14.7 Å². The molecule has 1 aliphatic rings. The van der Waals surface area contributed by atoms with E-state index in [4.69, 9.17) is 11.6 Å². The van der Waals surface area contributed by atoms with Gasteiger partial charge in [0, 0.05) is 7.05 Å². The lowest BCUT2D eigenvalue weighted by molar-refractivity contribution is -0.121. The van der Waals surface area contributed by atoms with Gasteiger partial charge in [-0.1, -0.05) is 17.7 Å². The number of hydrogen-bond acceptors (Lipinski definition) is 3. The van der Waals surface area contributed by atoms with Crippen LogP contribution in [-0.4, -0.2) is 29.0 Å². The van der Waals surface area contributed by atoms with E-state index in [0.717, 1.165) is 4.90 Å². The summed E-state index contributed by atoms with van der Waals surface area (Å²) in [6.45, 7) is 0. The van der Waals surface area contributed by atoms with Gasteiger partial charge in [-0.25, -0.2) is 4.79 Å². The average molecular weight is 253 g/mol. The molecule has 3 amide bonds. The fourth-order valence-corrected chi connectivity index (χ4v) is 1.59. The van der Waals surface area contributed by atoms with Crippen LogP contribution in [0.15, 0.2) is 23.9 Å². The van der Waals surface area contributed by atoms with Gasteiger partial charge in [-0.3, -0.25) is 9.69 Å². The van der Waals surface area contributed by atoms with E-state index in [1.165, 1.54) is 25.3 Å². The van der Waals surface area contributed by atoms with Crippen molar-refractivity contribution in [1.29, 1.82) is 0 Å². The van der Waals surface area contributed by atoms with Crippen LogP contribution in [0.2, 0.25) is 5.02 Å². The molecule has 0 unspecified atom stereocenters. The lowest BCUT2D eigenvalue weighted by Crippen LogP contribution is -2.25. The molecular weight excluding hydrogens is 244 g/mol. The number of likely N-dealkylation sites (N-methyl/N-ethyl adjacent to an activating group) is 1. The van der Waals surface area contributed by atoms with Gasteiger partial charge in [0.1, 0.15) is 11.4 Å². The Bertz CT molecular complexity index is 540. The van der Waals surface area contributed by atoms with E-state index >= 15 is 0 Å². The molecule has 0 spiro atoms. The lowest BCUT2D eigenvalue weighted by Gasteiger charge is -2.00. The number of rotatable bonds is 1. The number of amides is 3. The van der Waals surface area contributed by atoms with Crippen molar-refractivity contribution in [3.05, 3.63) is 34.5 Å². The smallest absolute Gasteiger partial charge is 0.328 e. The molecule has 88 valence electrons. The minimum atomic E-state index is -0.467. The Labute approximate surface area is 102 Å². The second kappa shape index (κ2) is 4.10. The van der Waals surface area contributed by atoms with E-state index in [0.29, 0.717) is 5.56 Å². The largest absolute Gasteiger partial charge is 0.506 e. The summed E-state index contributed by atoms with van der Waals surface area (Å²) in [4.78, 5) is 23.7. The van der Waals surface area contributed by atoms with Gasteiger partial charge >= 0.3 is 6.03 Å². The van der Waals surface area contributed by atoms with E-state index in [2.05, 4.69) is 5.32 Å². The molecular formula is C11H9ClN2O3. The highest BCUT2D eigenvalue weighted by Gasteiger charge is 2.29. The molecule has 0 aliphatic carbocycles. The molecule has 0 saturated carbocycles. The minimum absolute atomic E-state index is 0.0345. The van der Waals surface area contributed by atoms with Crippen molar-refractivity contribution in [3.63, 3.8) is 0 Å². The number of carbonyl (C=O) groups excluding carboxylic acids is 2. The molecule has 0 atom stereocenters. The first-order chi connectivity index (χ1) is 7.99. The molecule has 1 aromatic carbocycles. The third kappa shape index (κ3) is 2.09. The molecule has 2 rings (SSSR count). The van der Waals surface area contributed by atoms with Gasteiger partial charge < -0.3 is 10.4 Å². The van der Waals surface area contributed by atoms with Crippen LogP contribution in [0.25, 0.3) is 6.08 Å². The monoisotopic (exact) mass is 252 g/mol. The first-order valence-corrected chi connectivity index (χ1v) is 5.16. The van der Waals surface area contributed by atoms with Crippen molar-refractivity contribution in [2.45, 2.75) is 0 Å². The Morgan fingerprint density at radius 1 is 1.41 bits per heavy atom. The Morgan fingerprint density at radius 3 is 2.65 bits per heavy atom. The maximum atomic E-state index is 11.6. The number of hydrogen-bond donors (Lipinski definition) is 2. The molecule has 0 aromatic heterocycles. The van der Waals surface area contributed by atoms with Crippen LogP contribution >= 0.6 is 11.6 Å². The molecule has 2 N–H and O–H groups in total. The quantitative estimate of drug-likeness (QED) is 0.589. The normalized spacial score (nSPS) is 17.8. The highest BCUT2D eigenvalue weighted by atomic mass is 35.5. The second-order valence-electron chi connectivity index (χ2n) is 3.56.